The minimum Gasteiger partial charge on any atom is -0.316 e. The van der Waals surface area contributed by atoms with Crippen LogP contribution < -0.4 is 5.32 Å². The third kappa shape index (κ3) is 6.14. The van der Waals surface area contributed by atoms with E-state index >= 15 is 0 Å². The maximum atomic E-state index is 8.39. The predicted octanol–water partition coefficient (Wildman–Crippen LogP) is 0.831. The fraction of sp³-hybridized carbons (Fsp3) is 0.889. The first kappa shape index (κ1) is 11.4. The zero-order chi connectivity index (χ0) is 9.23. The number of hydrogen-bond acceptors (Lipinski definition) is 3. The molecule has 3 heteroatoms. The molecule has 0 bridgehead atoms. The van der Waals surface area contributed by atoms with E-state index in [1.54, 1.807) is 0 Å². The van der Waals surface area contributed by atoms with Gasteiger partial charge in [0.05, 0.1) is 6.07 Å². The average molecular weight is 169 g/mol. The Kier molecular flexibility index (Phi) is 8.09. The van der Waals surface area contributed by atoms with Crippen LogP contribution in [0.5, 0.6) is 0 Å². The van der Waals surface area contributed by atoms with E-state index in [0.717, 1.165) is 32.7 Å². The molecule has 0 spiro atoms. The van der Waals surface area contributed by atoms with Crippen LogP contribution in [0.25, 0.3) is 0 Å². The van der Waals surface area contributed by atoms with E-state index in [9.17, 15) is 0 Å². The fourth-order valence-electron chi connectivity index (χ4n) is 1.05. The number of rotatable bonds is 7. The van der Waals surface area contributed by atoms with Crippen molar-refractivity contribution in [1.82, 2.24) is 10.2 Å². The zero-order valence-corrected chi connectivity index (χ0v) is 8.14. The highest BCUT2D eigenvalue weighted by molar-refractivity contribution is 4.72. The highest BCUT2D eigenvalue weighted by atomic mass is 15.1. The summed E-state index contributed by atoms with van der Waals surface area (Å²) in [7, 11) is 0. The Morgan fingerprint density at radius 1 is 1.33 bits per heavy atom. The number of nitrogens with zero attached hydrogens (tertiary/aromatic N) is 2. The van der Waals surface area contributed by atoms with E-state index in [1.807, 2.05) is 0 Å². The van der Waals surface area contributed by atoms with Crippen LogP contribution >= 0.6 is 0 Å². The van der Waals surface area contributed by atoms with Gasteiger partial charge in [-0.05, 0) is 13.1 Å². The van der Waals surface area contributed by atoms with Gasteiger partial charge in [-0.25, -0.2) is 0 Å². The standard InChI is InChI=1S/C9H19N3/c1-3-11-7-9-12(4-2)8-5-6-10/h11H,3-5,7-9H2,1-2H3. The Bertz CT molecular complexity index is 128. The molecule has 0 rings (SSSR count). The second-order valence-corrected chi connectivity index (χ2v) is 2.70. The van der Waals surface area contributed by atoms with Crippen molar-refractivity contribution < 1.29 is 0 Å². The van der Waals surface area contributed by atoms with E-state index < -0.39 is 0 Å². The molecule has 0 saturated carbocycles. The lowest BCUT2D eigenvalue weighted by Crippen LogP contribution is -2.32. The van der Waals surface area contributed by atoms with Crippen LogP contribution in [0, 0.1) is 11.3 Å². The van der Waals surface area contributed by atoms with Crippen molar-refractivity contribution >= 4 is 0 Å². The van der Waals surface area contributed by atoms with E-state index in [2.05, 4.69) is 30.1 Å². The summed E-state index contributed by atoms with van der Waals surface area (Å²) in [4.78, 5) is 2.28. The molecule has 0 aliphatic carbocycles. The van der Waals surface area contributed by atoms with E-state index in [4.69, 9.17) is 5.26 Å². The van der Waals surface area contributed by atoms with Gasteiger partial charge in [0.1, 0.15) is 0 Å². The van der Waals surface area contributed by atoms with Gasteiger partial charge in [-0.1, -0.05) is 13.8 Å². The van der Waals surface area contributed by atoms with Gasteiger partial charge in [-0.15, -0.1) is 0 Å². The van der Waals surface area contributed by atoms with Gasteiger partial charge >= 0.3 is 0 Å². The average Bonchev–Trinajstić information content (AvgIpc) is 2.11. The van der Waals surface area contributed by atoms with Gasteiger partial charge in [-0.3, -0.25) is 0 Å². The van der Waals surface area contributed by atoms with Gasteiger partial charge in [0.15, 0.2) is 0 Å². The van der Waals surface area contributed by atoms with Crippen molar-refractivity contribution in [1.29, 1.82) is 5.26 Å². The summed E-state index contributed by atoms with van der Waals surface area (Å²) in [6, 6.07) is 2.16. The number of likely N-dealkylation sites (N-methyl/N-ethyl adjacent to an activating group) is 2. The zero-order valence-electron chi connectivity index (χ0n) is 8.14. The summed E-state index contributed by atoms with van der Waals surface area (Å²) in [5.74, 6) is 0. The molecule has 3 nitrogen and oxygen atoms in total. The summed E-state index contributed by atoms with van der Waals surface area (Å²) in [5.41, 5.74) is 0. The molecule has 0 aliphatic rings. The Morgan fingerprint density at radius 2 is 2.08 bits per heavy atom. The molecule has 0 atom stereocenters. The van der Waals surface area contributed by atoms with Crippen molar-refractivity contribution in [2.24, 2.45) is 0 Å². The monoisotopic (exact) mass is 169 g/mol. The van der Waals surface area contributed by atoms with Gasteiger partial charge in [-0.2, -0.15) is 5.26 Å². The summed E-state index contributed by atoms with van der Waals surface area (Å²) in [6.45, 7) is 9.26. The van der Waals surface area contributed by atoms with Crippen molar-refractivity contribution in [2.75, 3.05) is 32.7 Å². The Balaban J connectivity index is 3.34. The highest BCUT2D eigenvalue weighted by Gasteiger charge is 1.99. The van der Waals surface area contributed by atoms with Gasteiger partial charge in [0.2, 0.25) is 0 Å². The molecule has 0 amide bonds. The molecule has 0 aromatic carbocycles. The summed E-state index contributed by atoms with van der Waals surface area (Å²) >= 11 is 0. The lowest BCUT2D eigenvalue weighted by Gasteiger charge is -2.18. The second-order valence-electron chi connectivity index (χ2n) is 2.70. The summed E-state index contributed by atoms with van der Waals surface area (Å²) in [6.07, 6.45) is 0.639. The van der Waals surface area contributed by atoms with Crippen LogP contribution in [0.1, 0.15) is 20.3 Å². The molecule has 12 heavy (non-hydrogen) atoms. The first-order valence-electron chi connectivity index (χ1n) is 4.65. The topological polar surface area (TPSA) is 39.1 Å². The molecule has 0 aromatic heterocycles. The first-order chi connectivity index (χ1) is 5.85. The molecule has 0 unspecified atom stereocenters. The Labute approximate surface area is 75.4 Å². The Hall–Kier alpha value is -0.590. The molecule has 1 N–H and O–H groups in total. The van der Waals surface area contributed by atoms with Crippen molar-refractivity contribution in [3.8, 4) is 6.07 Å². The van der Waals surface area contributed by atoms with E-state index in [1.165, 1.54) is 0 Å². The van der Waals surface area contributed by atoms with Gasteiger partial charge in [0, 0.05) is 26.1 Å². The molecule has 0 heterocycles. The largest absolute Gasteiger partial charge is 0.316 e. The molecular weight excluding hydrogens is 150 g/mol. The highest BCUT2D eigenvalue weighted by Crippen LogP contribution is 1.88. The molecular formula is C9H19N3. The molecule has 70 valence electrons. The van der Waals surface area contributed by atoms with E-state index in [0.29, 0.717) is 6.42 Å². The van der Waals surface area contributed by atoms with Gasteiger partial charge in [0.25, 0.3) is 0 Å². The quantitative estimate of drug-likeness (QED) is 0.574. The molecule has 0 aliphatic heterocycles. The molecule has 0 aromatic rings. The number of hydrogen-bond donors (Lipinski definition) is 1. The lowest BCUT2D eigenvalue weighted by atomic mass is 10.4. The normalized spacial score (nSPS) is 10.2. The predicted molar refractivity (Wildman–Crippen MR) is 50.9 cm³/mol. The van der Waals surface area contributed by atoms with Crippen molar-refractivity contribution in [3.63, 3.8) is 0 Å². The van der Waals surface area contributed by atoms with Crippen LogP contribution in [0.15, 0.2) is 0 Å². The van der Waals surface area contributed by atoms with Gasteiger partial charge < -0.3 is 10.2 Å². The van der Waals surface area contributed by atoms with Crippen LogP contribution in [0.3, 0.4) is 0 Å². The molecule has 0 saturated heterocycles. The van der Waals surface area contributed by atoms with Crippen LogP contribution in [0.4, 0.5) is 0 Å². The lowest BCUT2D eigenvalue weighted by molar-refractivity contribution is 0.294. The third-order valence-corrected chi connectivity index (χ3v) is 1.84. The smallest absolute Gasteiger partial charge is 0.0635 e. The second kappa shape index (κ2) is 8.51. The summed E-state index contributed by atoms with van der Waals surface area (Å²) in [5, 5.41) is 11.7. The Morgan fingerprint density at radius 3 is 2.58 bits per heavy atom. The minimum atomic E-state index is 0.639. The van der Waals surface area contributed by atoms with Crippen LogP contribution in [-0.4, -0.2) is 37.6 Å². The van der Waals surface area contributed by atoms with Crippen molar-refractivity contribution in [3.05, 3.63) is 0 Å². The van der Waals surface area contributed by atoms with E-state index in [-0.39, 0.29) is 0 Å². The number of nitriles is 1. The molecule has 0 radical (unpaired) electrons. The molecule has 0 fully saturated rings. The first-order valence-corrected chi connectivity index (χ1v) is 4.65. The van der Waals surface area contributed by atoms with Crippen LogP contribution in [-0.2, 0) is 0 Å². The third-order valence-electron chi connectivity index (χ3n) is 1.84. The summed E-state index contributed by atoms with van der Waals surface area (Å²) < 4.78 is 0. The SMILES string of the molecule is CCNCCN(CC)CCC#N. The van der Waals surface area contributed by atoms with Crippen LogP contribution in [0.2, 0.25) is 0 Å². The van der Waals surface area contributed by atoms with Crippen molar-refractivity contribution in [2.45, 2.75) is 20.3 Å². The minimum absolute atomic E-state index is 0.639. The number of nitrogens with one attached hydrogen (secondary N) is 1. The maximum absolute atomic E-state index is 8.39. The maximum Gasteiger partial charge on any atom is 0.0635 e. The fourth-order valence-corrected chi connectivity index (χ4v) is 1.05.